The molecule has 0 spiro atoms. The molecule has 2 aliphatic rings. The third-order valence-corrected chi connectivity index (χ3v) is 6.27. The molecule has 5 rings (SSSR count). The molecule has 3 aromatic carbocycles. The monoisotopic (exact) mass is 470 g/mol. The second kappa shape index (κ2) is 9.06. The van der Waals surface area contributed by atoms with Crippen LogP contribution in [0.3, 0.4) is 0 Å². The lowest BCUT2D eigenvalue weighted by Gasteiger charge is -2.20. The van der Waals surface area contributed by atoms with E-state index in [0.717, 1.165) is 22.3 Å². The lowest BCUT2D eigenvalue weighted by molar-refractivity contribution is -0.171. The fraction of sp³-hybridized carbons (Fsp3) is 0.185. The molecule has 0 fully saturated rings. The van der Waals surface area contributed by atoms with Gasteiger partial charge < -0.3 is 14.9 Å². The standard InChI is InChI=1S/C27H22N2O6/c1-2-23(26(32)35-29-24(30)20-13-7-8-14-21(20)25(29)31)28-27(33)34-15-22-18-11-5-3-9-16(18)17-10-4-6-12-19(17)22/h3-14,22-23H,2,15H2,1H3,(H,28,33)/t23-/m0/s1. The van der Waals surface area contributed by atoms with E-state index in [1.807, 2.05) is 48.5 Å². The average molecular weight is 470 g/mol. The van der Waals surface area contributed by atoms with Gasteiger partial charge in [-0.2, -0.15) is 0 Å². The molecule has 0 saturated carbocycles. The maximum Gasteiger partial charge on any atom is 0.407 e. The molecule has 1 heterocycles. The lowest BCUT2D eigenvalue weighted by atomic mass is 9.98. The Morgan fingerprint density at radius 3 is 1.83 bits per heavy atom. The van der Waals surface area contributed by atoms with Gasteiger partial charge in [0.15, 0.2) is 0 Å². The lowest BCUT2D eigenvalue weighted by Crippen LogP contribution is -2.45. The summed E-state index contributed by atoms with van der Waals surface area (Å²) in [6, 6.07) is 21.0. The Bertz CT molecular complexity index is 1270. The van der Waals surface area contributed by atoms with Crippen molar-refractivity contribution in [1.82, 2.24) is 10.4 Å². The number of amides is 3. The van der Waals surface area contributed by atoms with E-state index < -0.39 is 29.9 Å². The number of alkyl carbamates (subject to hydrolysis) is 1. The van der Waals surface area contributed by atoms with E-state index in [-0.39, 0.29) is 30.1 Å². The molecular formula is C27H22N2O6. The Morgan fingerprint density at radius 1 is 0.829 bits per heavy atom. The zero-order chi connectivity index (χ0) is 24.5. The molecule has 8 nitrogen and oxygen atoms in total. The first-order valence-corrected chi connectivity index (χ1v) is 11.3. The van der Waals surface area contributed by atoms with Gasteiger partial charge >= 0.3 is 12.1 Å². The van der Waals surface area contributed by atoms with Crippen molar-refractivity contribution in [2.45, 2.75) is 25.3 Å². The van der Waals surface area contributed by atoms with Crippen molar-refractivity contribution < 1.29 is 28.8 Å². The van der Waals surface area contributed by atoms with Crippen LogP contribution in [0.15, 0.2) is 72.8 Å². The molecule has 35 heavy (non-hydrogen) atoms. The number of hydrogen-bond donors (Lipinski definition) is 1. The molecule has 176 valence electrons. The number of ether oxygens (including phenoxy) is 1. The van der Waals surface area contributed by atoms with Gasteiger partial charge in [0.05, 0.1) is 11.1 Å². The zero-order valence-electron chi connectivity index (χ0n) is 18.9. The third-order valence-electron chi connectivity index (χ3n) is 6.27. The predicted molar refractivity (Wildman–Crippen MR) is 125 cm³/mol. The SMILES string of the molecule is CC[C@H](NC(=O)OCC1c2ccccc2-c2ccccc21)C(=O)ON1C(=O)c2ccccc2C1=O. The van der Waals surface area contributed by atoms with E-state index in [4.69, 9.17) is 9.57 Å². The highest BCUT2D eigenvalue weighted by Gasteiger charge is 2.40. The molecule has 0 aromatic heterocycles. The highest BCUT2D eigenvalue weighted by molar-refractivity contribution is 6.20. The van der Waals surface area contributed by atoms with Gasteiger partial charge in [0.1, 0.15) is 12.6 Å². The summed E-state index contributed by atoms with van der Waals surface area (Å²) in [5.74, 6) is -2.51. The molecular weight excluding hydrogens is 448 g/mol. The molecule has 0 unspecified atom stereocenters. The van der Waals surface area contributed by atoms with Gasteiger partial charge in [-0.05, 0) is 40.8 Å². The van der Waals surface area contributed by atoms with Crippen LogP contribution in [0.5, 0.6) is 0 Å². The van der Waals surface area contributed by atoms with Crippen LogP contribution in [0.1, 0.15) is 51.1 Å². The van der Waals surface area contributed by atoms with Gasteiger partial charge in [-0.15, -0.1) is 0 Å². The topological polar surface area (TPSA) is 102 Å². The molecule has 0 saturated heterocycles. The van der Waals surface area contributed by atoms with Crippen LogP contribution in [-0.2, 0) is 14.4 Å². The van der Waals surface area contributed by atoms with Gasteiger partial charge in [0.25, 0.3) is 11.8 Å². The maximum absolute atomic E-state index is 12.7. The number of rotatable bonds is 6. The molecule has 1 N–H and O–H groups in total. The van der Waals surface area contributed by atoms with Crippen molar-refractivity contribution in [2.24, 2.45) is 0 Å². The van der Waals surface area contributed by atoms with E-state index in [1.165, 1.54) is 12.1 Å². The van der Waals surface area contributed by atoms with Crippen LogP contribution in [-0.4, -0.2) is 41.6 Å². The second-order valence-electron chi connectivity index (χ2n) is 8.29. The largest absolute Gasteiger partial charge is 0.449 e. The van der Waals surface area contributed by atoms with Crippen LogP contribution >= 0.6 is 0 Å². The van der Waals surface area contributed by atoms with E-state index in [0.29, 0.717) is 5.06 Å². The minimum absolute atomic E-state index is 0.0871. The van der Waals surface area contributed by atoms with Gasteiger partial charge in [0, 0.05) is 5.92 Å². The third kappa shape index (κ3) is 3.93. The first-order valence-electron chi connectivity index (χ1n) is 11.3. The predicted octanol–water partition coefficient (Wildman–Crippen LogP) is 4.06. The number of carbonyl (C=O) groups is 4. The van der Waals surface area contributed by atoms with Crippen LogP contribution < -0.4 is 5.32 Å². The summed E-state index contributed by atoms with van der Waals surface area (Å²) in [5.41, 5.74) is 4.66. The fourth-order valence-electron chi connectivity index (χ4n) is 4.51. The van der Waals surface area contributed by atoms with E-state index in [9.17, 15) is 19.2 Å². The van der Waals surface area contributed by atoms with Crippen molar-refractivity contribution >= 4 is 23.9 Å². The number of hydroxylamine groups is 2. The van der Waals surface area contributed by atoms with Gasteiger partial charge in [-0.3, -0.25) is 9.59 Å². The smallest absolute Gasteiger partial charge is 0.407 e. The van der Waals surface area contributed by atoms with Crippen molar-refractivity contribution in [3.05, 3.63) is 95.1 Å². The Labute approximate surface area is 201 Å². The number of nitrogens with zero attached hydrogens (tertiary/aromatic N) is 1. The molecule has 1 aliphatic heterocycles. The second-order valence-corrected chi connectivity index (χ2v) is 8.29. The van der Waals surface area contributed by atoms with Gasteiger partial charge in [0.2, 0.25) is 0 Å². The van der Waals surface area contributed by atoms with Crippen LogP contribution in [0.4, 0.5) is 4.79 Å². The summed E-state index contributed by atoms with van der Waals surface area (Å²) in [7, 11) is 0. The molecule has 1 atom stereocenters. The van der Waals surface area contributed by atoms with Crippen LogP contribution in [0, 0.1) is 0 Å². The number of carbonyl (C=O) groups excluding carboxylic acids is 4. The van der Waals surface area contributed by atoms with Gasteiger partial charge in [-0.25, -0.2) is 9.59 Å². The zero-order valence-corrected chi connectivity index (χ0v) is 18.9. The van der Waals surface area contributed by atoms with Crippen LogP contribution in [0.2, 0.25) is 0 Å². The highest BCUT2D eigenvalue weighted by atomic mass is 16.7. The van der Waals surface area contributed by atoms with Crippen molar-refractivity contribution in [3.8, 4) is 11.1 Å². The maximum atomic E-state index is 12.7. The summed E-state index contributed by atoms with van der Waals surface area (Å²) < 4.78 is 5.48. The van der Waals surface area contributed by atoms with Crippen molar-refractivity contribution in [3.63, 3.8) is 0 Å². The fourth-order valence-corrected chi connectivity index (χ4v) is 4.51. The van der Waals surface area contributed by atoms with Crippen molar-refractivity contribution in [2.75, 3.05) is 6.61 Å². The molecule has 0 bridgehead atoms. The summed E-state index contributed by atoms with van der Waals surface area (Å²) in [4.78, 5) is 55.2. The van der Waals surface area contributed by atoms with Crippen molar-refractivity contribution in [1.29, 1.82) is 0 Å². The summed E-state index contributed by atoms with van der Waals surface area (Å²) in [5, 5.41) is 2.90. The number of fused-ring (bicyclic) bond motifs is 4. The Hall–Kier alpha value is -4.46. The average Bonchev–Trinajstić information content (AvgIpc) is 3.33. The normalized spacial score (nSPS) is 14.7. The number of nitrogens with one attached hydrogen (secondary N) is 1. The molecule has 3 amide bonds. The number of imide groups is 1. The minimum Gasteiger partial charge on any atom is -0.449 e. The quantitative estimate of drug-likeness (QED) is 0.545. The Kier molecular flexibility index (Phi) is 5.78. The van der Waals surface area contributed by atoms with E-state index >= 15 is 0 Å². The highest BCUT2D eigenvalue weighted by Crippen LogP contribution is 2.44. The van der Waals surface area contributed by atoms with Crippen LogP contribution in [0.25, 0.3) is 11.1 Å². The van der Waals surface area contributed by atoms with E-state index in [1.54, 1.807) is 19.1 Å². The Balaban J connectivity index is 1.22. The first kappa shape index (κ1) is 22.3. The number of hydrogen-bond acceptors (Lipinski definition) is 6. The molecule has 8 heteroatoms. The number of benzene rings is 3. The first-order chi connectivity index (χ1) is 17.0. The van der Waals surface area contributed by atoms with Gasteiger partial charge in [-0.1, -0.05) is 72.7 Å². The Morgan fingerprint density at radius 2 is 1.31 bits per heavy atom. The molecule has 0 radical (unpaired) electrons. The summed E-state index contributed by atoms with van der Waals surface area (Å²) >= 11 is 0. The minimum atomic E-state index is -1.10. The van der Waals surface area contributed by atoms with E-state index in [2.05, 4.69) is 5.32 Å². The summed E-state index contributed by atoms with van der Waals surface area (Å²) in [6.45, 7) is 1.75. The molecule has 3 aromatic rings. The summed E-state index contributed by atoms with van der Waals surface area (Å²) in [6.07, 6.45) is -0.621. The molecule has 1 aliphatic carbocycles.